The Morgan fingerprint density at radius 1 is 1.21 bits per heavy atom. The maximum absolute atomic E-state index is 13.0. The van der Waals surface area contributed by atoms with E-state index in [2.05, 4.69) is 0 Å². The maximum Gasteiger partial charge on any atom is 0.161 e. The average Bonchev–Trinajstić information content (AvgIpc) is 2.14. The van der Waals surface area contributed by atoms with Crippen molar-refractivity contribution < 1.29 is 13.2 Å². The molecule has 1 aromatic carbocycles. The third-order valence-electron chi connectivity index (χ3n) is 1.65. The van der Waals surface area contributed by atoms with Crippen molar-refractivity contribution in [2.24, 2.45) is 0 Å². The highest BCUT2D eigenvalue weighted by Crippen LogP contribution is 2.16. The number of hydrogen-bond acceptors (Lipinski definition) is 0. The van der Waals surface area contributed by atoms with Crippen LogP contribution in [0.3, 0.4) is 0 Å². The smallest absolute Gasteiger partial charge is 0.161 e. The third-order valence-corrected chi connectivity index (χ3v) is 2.07. The summed E-state index contributed by atoms with van der Waals surface area (Å²) in [5, 5.41) is 0. The molecule has 0 saturated carbocycles. The molecule has 1 aromatic rings. The Morgan fingerprint density at radius 3 is 2.36 bits per heavy atom. The summed E-state index contributed by atoms with van der Waals surface area (Å²) in [7, 11) is 0. The standard InChI is InChI=1S/C10H8ClF3/c1-6(5-11)2-7-3-9(13)10(14)4-8(7)12/h2-4H,5H2,1H3/b6-2-. The highest BCUT2D eigenvalue weighted by molar-refractivity contribution is 6.19. The minimum Gasteiger partial charge on any atom is -0.206 e. The molecule has 0 aliphatic rings. The second-order valence-corrected chi connectivity index (χ2v) is 3.18. The SMILES string of the molecule is C/C(=C/c1cc(F)c(F)cc1F)CCl. The lowest BCUT2D eigenvalue weighted by atomic mass is 10.1. The van der Waals surface area contributed by atoms with E-state index in [1.807, 2.05) is 0 Å². The minimum absolute atomic E-state index is 0.00190. The van der Waals surface area contributed by atoms with Crippen LogP contribution in [0.25, 0.3) is 6.08 Å². The first-order valence-corrected chi connectivity index (χ1v) is 4.45. The molecule has 0 bridgehead atoms. The van der Waals surface area contributed by atoms with Gasteiger partial charge in [0.2, 0.25) is 0 Å². The molecule has 0 unspecified atom stereocenters. The van der Waals surface area contributed by atoms with Crippen LogP contribution in [0.1, 0.15) is 12.5 Å². The Hall–Kier alpha value is -0.960. The molecule has 0 fully saturated rings. The fraction of sp³-hybridized carbons (Fsp3) is 0.200. The predicted octanol–water partition coefficient (Wildman–Crippen LogP) is 3.75. The molecule has 14 heavy (non-hydrogen) atoms. The highest BCUT2D eigenvalue weighted by Gasteiger charge is 2.07. The van der Waals surface area contributed by atoms with Gasteiger partial charge in [-0.05, 0) is 13.0 Å². The summed E-state index contributed by atoms with van der Waals surface area (Å²) in [5.41, 5.74) is 0.679. The second kappa shape index (κ2) is 4.51. The molecule has 0 nitrogen and oxygen atoms in total. The van der Waals surface area contributed by atoms with E-state index in [-0.39, 0.29) is 11.4 Å². The van der Waals surface area contributed by atoms with Crippen LogP contribution in [0, 0.1) is 17.5 Å². The summed E-state index contributed by atoms with van der Waals surface area (Å²) in [6, 6.07) is 1.32. The van der Waals surface area contributed by atoms with Gasteiger partial charge < -0.3 is 0 Å². The molecule has 4 heteroatoms. The van der Waals surface area contributed by atoms with Crippen LogP contribution in [0.4, 0.5) is 13.2 Å². The molecule has 76 valence electrons. The Kier molecular flexibility index (Phi) is 3.58. The zero-order chi connectivity index (χ0) is 10.7. The first-order valence-electron chi connectivity index (χ1n) is 3.92. The van der Waals surface area contributed by atoms with Crippen LogP contribution < -0.4 is 0 Å². The van der Waals surface area contributed by atoms with Crippen LogP contribution in [0.2, 0.25) is 0 Å². The summed E-state index contributed by atoms with van der Waals surface area (Å²) >= 11 is 5.47. The van der Waals surface area contributed by atoms with Crippen molar-refractivity contribution in [2.75, 3.05) is 5.88 Å². The molecule has 0 aliphatic carbocycles. The van der Waals surface area contributed by atoms with Crippen LogP contribution >= 0.6 is 11.6 Å². The molecular weight excluding hydrogens is 213 g/mol. The molecule has 0 heterocycles. The largest absolute Gasteiger partial charge is 0.206 e. The van der Waals surface area contributed by atoms with Crippen LogP contribution in [0.5, 0.6) is 0 Å². The Balaban J connectivity index is 3.16. The van der Waals surface area contributed by atoms with Crippen molar-refractivity contribution in [1.29, 1.82) is 0 Å². The lowest BCUT2D eigenvalue weighted by Crippen LogP contribution is -1.91. The van der Waals surface area contributed by atoms with Crippen LogP contribution in [-0.2, 0) is 0 Å². The summed E-state index contributed by atoms with van der Waals surface area (Å²) < 4.78 is 38.3. The first-order chi connectivity index (χ1) is 6.54. The van der Waals surface area contributed by atoms with Crippen molar-refractivity contribution in [1.82, 2.24) is 0 Å². The van der Waals surface area contributed by atoms with Gasteiger partial charge in [0.25, 0.3) is 0 Å². The van der Waals surface area contributed by atoms with E-state index < -0.39 is 17.5 Å². The van der Waals surface area contributed by atoms with E-state index >= 15 is 0 Å². The zero-order valence-electron chi connectivity index (χ0n) is 7.45. The van der Waals surface area contributed by atoms with Gasteiger partial charge >= 0.3 is 0 Å². The lowest BCUT2D eigenvalue weighted by Gasteiger charge is -2.00. The Labute approximate surface area is 85.0 Å². The normalized spacial score (nSPS) is 11.9. The minimum atomic E-state index is -1.19. The van der Waals surface area contributed by atoms with E-state index in [0.29, 0.717) is 11.6 Å². The Bertz CT molecular complexity index is 372. The quantitative estimate of drug-likeness (QED) is 0.526. The number of alkyl halides is 1. The van der Waals surface area contributed by atoms with Crippen molar-refractivity contribution in [2.45, 2.75) is 6.92 Å². The van der Waals surface area contributed by atoms with Crippen molar-refractivity contribution in [3.63, 3.8) is 0 Å². The number of halogens is 4. The van der Waals surface area contributed by atoms with E-state index in [1.54, 1.807) is 6.92 Å². The second-order valence-electron chi connectivity index (χ2n) is 2.91. The van der Waals surface area contributed by atoms with Crippen LogP contribution in [0.15, 0.2) is 17.7 Å². The van der Waals surface area contributed by atoms with Gasteiger partial charge in [-0.3, -0.25) is 0 Å². The number of benzene rings is 1. The number of rotatable bonds is 2. The molecule has 0 atom stereocenters. The molecule has 0 radical (unpaired) electrons. The summed E-state index contributed by atoms with van der Waals surface area (Å²) in [5.74, 6) is -2.84. The first kappa shape index (κ1) is 11.1. The molecule has 0 saturated heterocycles. The van der Waals surface area contributed by atoms with E-state index in [9.17, 15) is 13.2 Å². The fourth-order valence-electron chi connectivity index (χ4n) is 0.953. The van der Waals surface area contributed by atoms with Gasteiger partial charge in [-0.2, -0.15) is 0 Å². The molecular formula is C10H8ClF3. The maximum atomic E-state index is 13.0. The van der Waals surface area contributed by atoms with E-state index in [1.165, 1.54) is 6.08 Å². The monoisotopic (exact) mass is 220 g/mol. The summed E-state index contributed by atoms with van der Waals surface area (Å²) in [4.78, 5) is 0. The third kappa shape index (κ3) is 2.51. The van der Waals surface area contributed by atoms with Gasteiger partial charge in [0.1, 0.15) is 5.82 Å². The van der Waals surface area contributed by atoms with Gasteiger partial charge in [0.15, 0.2) is 11.6 Å². The van der Waals surface area contributed by atoms with E-state index in [0.717, 1.165) is 6.07 Å². The van der Waals surface area contributed by atoms with Crippen molar-refractivity contribution in [3.05, 3.63) is 40.7 Å². The molecule has 0 N–H and O–H groups in total. The fourth-order valence-corrected chi connectivity index (χ4v) is 1.03. The zero-order valence-corrected chi connectivity index (χ0v) is 8.21. The number of allylic oxidation sites excluding steroid dienone is 1. The van der Waals surface area contributed by atoms with Crippen molar-refractivity contribution in [3.8, 4) is 0 Å². The summed E-state index contributed by atoms with van der Waals surface area (Å²) in [6.45, 7) is 1.67. The number of hydrogen-bond donors (Lipinski definition) is 0. The summed E-state index contributed by atoms with van der Waals surface area (Å²) in [6.07, 6.45) is 1.38. The van der Waals surface area contributed by atoms with Gasteiger partial charge in [0, 0.05) is 17.5 Å². The highest BCUT2D eigenvalue weighted by atomic mass is 35.5. The average molecular weight is 221 g/mol. The van der Waals surface area contributed by atoms with Crippen LogP contribution in [-0.4, -0.2) is 5.88 Å². The van der Waals surface area contributed by atoms with Gasteiger partial charge in [0.05, 0.1) is 0 Å². The molecule has 1 rings (SSSR count). The molecule has 0 aromatic heterocycles. The molecule has 0 amide bonds. The molecule has 0 aliphatic heterocycles. The predicted molar refractivity (Wildman–Crippen MR) is 50.7 cm³/mol. The van der Waals surface area contributed by atoms with E-state index in [4.69, 9.17) is 11.6 Å². The molecule has 0 spiro atoms. The Morgan fingerprint density at radius 2 is 1.79 bits per heavy atom. The van der Waals surface area contributed by atoms with Gasteiger partial charge in [-0.15, -0.1) is 11.6 Å². The van der Waals surface area contributed by atoms with Crippen molar-refractivity contribution >= 4 is 17.7 Å². The lowest BCUT2D eigenvalue weighted by molar-refractivity contribution is 0.494. The van der Waals surface area contributed by atoms with Gasteiger partial charge in [-0.1, -0.05) is 11.6 Å². The topological polar surface area (TPSA) is 0 Å². The van der Waals surface area contributed by atoms with Gasteiger partial charge in [-0.25, -0.2) is 13.2 Å².